The lowest BCUT2D eigenvalue weighted by Crippen LogP contribution is -2.05. The van der Waals surface area contributed by atoms with Crippen LogP contribution in [0.15, 0.2) is 78.0 Å². The molecule has 33 heavy (non-hydrogen) atoms. The van der Waals surface area contributed by atoms with Crippen molar-refractivity contribution < 1.29 is 17.9 Å². The Kier molecular flexibility index (Phi) is 6.74. The molecule has 0 atom stereocenters. The fourth-order valence-electron chi connectivity index (χ4n) is 3.41. The molecule has 1 heterocycles. The lowest BCUT2D eigenvalue weighted by molar-refractivity contribution is -0.137. The highest BCUT2D eigenvalue weighted by molar-refractivity contribution is 7.98. The number of ether oxygens (including phenoxy) is 1. The minimum absolute atomic E-state index is 0.326. The summed E-state index contributed by atoms with van der Waals surface area (Å²) in [7, 11) is 0. The van der Waals surface area contributed by atoms with Crippen molar-refractivity contribution in [2.75, 3.05) is 6.61 Å². The highest BCUT2D eigenvalue weighted by atomic mass is 32.2. The Labute approximate surface area is 194 Å². The SMILES string of the molecule is CCOc1ccc(-n2c(SCc3cccc(C(F)(F)F)c3)nnc2-c2cccc(C)c2)cc1. The summed E-state index contributed by atoms with van der Waals surface area (Å²) in [5.41, 5.74) is 2.74. The molecule has 3 aromatic carbocycles. The number of rotatable bonds is 7. The number of aromatic nitrogens is 3. The van der Waals surface area contributed by atoms with Gasteiger partial charge in [-0.25, -0.2) is 0 Å². The Morgan fingerprint density at radius 2 is 1.70 bits per heavy atom. The summed E-state index contributed by atoms with van der Waals surface area (Å²) in [5.74, 6) is 1.74. The molecule has 0 aliphatic rings. The van der Waals surface area contributed by atoms with Gasteiger partial charge in [-0.2, -0.15) is 13.2 Å². The van der Waals surface area contributed by atoms with Gasteiger partial charge in [0.2, 0.25) is 0 Å². The summed E-state index contributed by atoms with van der Waals surface area (Å²) in [6, 6.07) is 20.9. The third-order valence-corrected chi connectivity index (χ3v) is 5.94. The summed E-state index contributed by atoms with van der Waals surface area (Å²) in [4.78, 5) is 0. The fourth-order valence-corrected chi connectivity index (χ4v) is 4.31. The van der Waals surface area contributed by atoms with Crippen LogP contribution in [-0.4, -0.2) is 21.4 Å². The summed E-state index contributed by atoms with van der Waals surface area (Å²) in [6.07, 6.45) is -4.37. The molecule has 0 radical (unpaired) electrons. The van der Waals surface area contributed by atoms with Crippen molar-refractivity contribution in [2.24, 2.45) is 0 Å². The molecule has 170 valence electrons. The first-order chi connectivity index (χ1) is 15.8. The van der Waals surface area contributed by atoms with Gasteiger partial charge in [0.25, 0.3) is 0 Å². The molecule has 0 N–H and O–H groups in total. The average molecular weight is 470 g/mol. The van der Waals surface area contributed by atoms with Crippen LogP contribution < -0.4 is 4.74 Å². The minimum Gasteiger partial charge on any atom is -0.494 e. The molecule has 0 aliphatic carbocycles. The molecule has 0 saturated carbocycles. The van der Waals surface area contributed by atoms with Crippen molar-refractivity contribution >= 4 is 11.8 Å². The molecule has 8 heteroatoms. The smallest absolute Gasteiger partial charge is 0.416 e. The molecule has 0 unspecified atom stereocenters. The summed E-state index contributed by atoms with van der Waals surface area (Å²) in [5, 5.41) is 9.37. The molecular weight excluding hydrogens is 447 g/mol. The van der Waals surface area contributed by atoms with Crippen LogP contribution in [-0.2, 0) is 11.9 Å². The van der Waals surface area contributed by atoms with E-state index in [2.05, 4.69) is 10.2 Å². The van der Waals surface area contributed by atoms with Gasteiger partial charge < -0.3 is 4.74 Å². The van der Waals surface area contributed by atoms with Gasteiger partial charge in [-0.3, -0.25) is 4.57 Å². The first-order valence-electron chi connectivity index (χ1n) is 10.4. The lowest BCUT2D eigenvalue weighted by atomic mass is 10.1. The minimum atomic E-state index is -4.37. The number of nitrogens with zero attached hydrogens (tertiary/aromatic N) is 3. The van der Waals surface area contributed by atoms with Gasteiger partial charge in [0.05, 0.1) is 12.2 Å². The highest BCUT2D eigenvalue weighted by Gasteiger charge is 2.30. The van der Waals surface area contributed by atoms with Crippen LogP contribution in [0.1, 0.15) is 23.6 Å². The quantitative estimate of drug-likeness (QED) is 0.275. The van der Waals surface area contributed by atoms with E-state index in [1.807, 2.05) is 66.9 Å². The van der Waals surface area contributed by atoms with Gasteiger partial charge in [-0.15, -0.1) is 10.2 Å². The van der Waals surface area contributed by atoms with Crippen molar-refractivity contribution in [3.63, 3.8) is 0 Å². The number of halogens is 3. The first kappa shape index (κ1) is 22.9. The van der Waals surface area contributed by atoms with Crippen LogP contribution in [0.5, 0.6) is 5.75 Å². The first-order valence-corrected chi connectivity index (χ1v) is 11.4. The van der Waals surface area contributed by atoms with Crippen molar-refractivity contribution in [2.45, 2.75) is 30.9 Å². The molecule has 0 aliphatic heterocycles. The Bertz CT molecular complexity index is 1240. The summed E-state index contributed by atoms with van der Waals surface area (Å²) >= 11 is 1.34. The number of benzene rings is 3. The fraction of sp³-hybridized carbons (Fsp3) is 0.200. The third kappa shape index (κ3) is 5.39. The van der Waals surface area contributed by atoms with Crippen LogP contribution in [0.3, 0.4) is 0 Å². The lowest BCUT2D eigenvalue weighted by Gasteiger charge is -2.12. The standard InChI is InChI=1S/C25H22F3N3OS/c1-3-32-22-12-10-21(11-13-22)31-23(19-8-4-6-17(2)14-19)29-30-24(31)33-16-18-7-5-9-20(15-18)25(26,27)28/h4-15H,3,16H2,1-2H3. The van der Waals surface area contributed by atoms with Crippen LogP contribution in [0.4, 0.5) is 13.2 Å². The van der Waals surface area contributed by atoms with E-state index in [1.165, 1.54) is 23.9 Å². The van der Waals surface area contributed by atoms with Gasteiger partial charge in [-0.05, 0) is 55.8 Å². The Hall–Kier alpha value is -3.26. The molecule has 0 amide bonds. The van der Waals surface area contributed by atoms with E-state index < -0.39 is 11.7 Å². The Morgan fingerprint density at radius 1 is 0.939 bits per heavy atom. The van der Waals surface area contributed by atoms with Gasteiger partial charge in [0.15, 0.2) is 11.0 Å². The van der Waals surface area contributed by atoms with Crippen molar-refractivity contribution in [3.05, 3.63) is 89.5 Å². The highest BCUT2D eigenvalue weighted by Crippen LogP contribution is 2.33. The van der Waals surface area contributed by atoms with E-state index in [0.29, 0.717) is 28.9 Å². The summed E-state index contributed by atoms with van der Waals surface area (Å²) in [6.45, 7) is 4.50. The second kappa shape index (κ2) is 9.70. The number of hydrogen-bond donors (Lipinski definition) is 0. The van der Waals surface area contributed by atoms with Gasteiger partial charge in [0, 0.05) is 17.0 Å². The zero-order valence-electron chi connectivity index (χ0n) is 18.1. The number of aryl methyl sites for hydroxylation is 1. The molecule has 0 saturated heterocycles. The monoisotopic (exact) mass is 469 g/mol. The topological polar surface area (TPSA) is 39.9 Å². The van der Waals surface area contributed by atoms with E-state index in [4.69, 9.17) is 4.74 Å². The molecule has 4 rings (SSSR count). The van der Waals surface area contributed by atoms with E-state index >= 15 is 0 Å². The van der Waals surface area contributed by atoms with Gasteiger partial charge in [-0.1, -0.05) is 53.7 Å². The molecule has 4 nitrogen and oxygen atoms in total. The van der Waals surface area contributed by atoms with Crippen molar-refractivity contribution in [1.29, 1.82) is 0 Å². The molecule has 0 fully saturated rings. The molecule has 0 bridgehead atoms. The van der Waals surface area contributed by atoms with Crippen LogP contribution in [0, 0.1) is 6.92 Å². The van der Waals surface area contributed by atoms with Crippen LogP contribution >= 0.6 is 11.8 Å². The molecular formula is C25H22F3N3OS. The van der Waals surface area contributed by atoms with E-state index in [1.54, 1.807) is 6.07 Å². The average Bonchev–Trinajstić information content (AvgIpc) is 3.22. The number of thioether (sulfide) groups is 1. The predicted molar refractivity (Wildman–Crippen MR) is 124 cm³/mol. The van der Waals surface area contributed by atoms with Crippen LogP contribution in [0.25, 0.3) is 17.1 Å². The van der Waals surface area contributed by atoms with Gasteiger partial charge in [0.1, 0.15) is 5.75 Å². The maximum absolute atomic E-state index is 13.1. The molecule has 1 aromatic heterocycles. The largest absolute Gasteiger partial charge is 0.494 e. The number of hydrogen-bond acceptors (Lipinski definition) is 4. The van der Waals surface area contributed by atoms with E-state index in [-0.39, 0.29) is 0 Å². The summed E-state index contributed by atoms with van der Waals surface area (Å²) < 4.78 is 46.7. The van der Waals surface area contributed by atoms with E-state index in [9.17, 15) is 13.2 Å². The zero-order valence-corrected chi connectivity index (χ0v) is 19.0. The predicted octanol–water partition coefficient (Wildman–Crippen LogP) is 6.95. The van der Waals surface area contributed by atoms with Crippen molar-refractivity contribution in [3.8, 4) is 22.8 Å². The Morgan fingerprint density at radius 3 is 2.39 bits per heavy atom. The number of alkyl halides is 3. The normalized spacial score (nSPS) is 11.5. The Balaban J connectivity index is 1.69. The molecule has 0 spiro atoms. The maximum atomic E-state index is 13.1. The zero-order chi connectivity index (χ0) is 23.4. The second-order valence-corrected chi connectivity index (χ2v) is 8.37. The van der Waals surface area contributed by atoms with E-state index in [0.717, 1.165) is 28.6 Å². The molecule has 4 aromatic rings. The maximum Gasteiger partial charge on any atom is 0.416 e. The second-order valence-electron chi connectivity index (χ2n) is 7.42. The van der Waals surface area contributed by atoms with Crippen LogP contribution in [0.2, 0.25) is 0 Å². The third-order valence-electron chi connectivity index (χ3n) is 4.94. The van der Waals surface area contributed by atoms with Crippen molar-refractivity contribution in [1.82, 2.24) is 14.8 Å². The van der Waals surface area contributed by atoms with Gasteiger partial charge >= 0.3 is 6.18 Å².